The first-order valence-electron chi connectivity index (χ1n) is 8.44. The van der Waals surface area contributed by atoms with Crippen molar-refractivity contribution in [2.45, 2.75) is 31.3 Å². The van der Waals surface area contributed by atoms with E-state index in [1.54, 1.807) is 0 Å². The lowest BCUT2D eigenvalue weighted by molar-refractivity contribution is -0.135. The Labute approximate surface area is 159 Å². The van der Waals surface area contributed by atoms with Crippen molar-refractivity contribution >= 4 is 37.6 Å². The van der Waals surface area contributed by atoms with Crippen LogP contribution in [0.4, 0.5) is 0 Å². The molecule has 2 bridgehead atoms. The van der Waals surface area contributed by atoms with Crippen LogP contribution in [0.15, 0.2) is 57.5 Å². The van der Waals surface area contributed by atoms with E-state index in [1.165, 1.54) is 11.1 Å². The predicted octanol–water partition coefficient (Wildman–Crippen LogP) is 5.58. The van der Waals surface area contributed by atoms with Gasteiger partial charge in [-0.15, -0.1) is 0 Å². The van der Waals surface area contributed by atoms with Crippen molar-refractivity contribution in [1.29, 1.82) is 0 Å². The zero-order valence-electron chi connectivity index (χ0n) is 13.2. The van der Waals surface area contributed by atoms with Gasteiger partial charge in [-0.05, 0) is 48.2 Å². The second-order valence-electron chi connectivity index (χ2n) is 6.78. The molecule has 1 saturated carbocycles. The monoisotopic (exact) mass is 447 g/mol. The van der Waals surface area contributed by atoms with Gasteiger partial charge in [-0.3, -0.25) is 4.79 Å². The number of halogens is 2. The molecule has 2 aromatic rings. The minimum Gasteiger partial charge on any atom is -0.302 e. The van der Waals surface area contributed by atoms with E-state index in [-0.39, 0.29) is 23.9 Å². The highest BCUT2D eigenvalue weighted by Crippen LogP contribution is 2.46. The summed E-state index contributed by atoms with van der Waals surface area (Å²) >= 11 is 7.12. The summed E-state index contributed by atoms with van der Waals surface area (Å²) < 4.78 is 2.12. The highest BCUT2D eigenvalue weighted by atomic mass is 79.9. The second kappa shape index (κ2) is 6.74. The Balaban J connectivity index is 1.74. The summed E-state index contributed by atoms with van der Waals surface area (Å²) in [5.41, 5.74) is 2.39. The highest BCUT2D eigenvalue weighted by molar-refractivity contribution is 9.10. The molecule has 4 heteroatoms. The smallest absolute Gasteiger partial charge is 0.142 e. The lowest BCUT2D eigenvalue weighted by Gasteiger charge is -2.45. The first-order valence-corrected chi connectivity index (χ1v) is 10.0. The maximum absolute atomic E-state index is 13.1. The Kier molecular flexibility index (Phi) is 4.63. The maximum Gasteiger partial charge on any atom is 0.142 e. The van der Waals surface area contributed by atoms with Gasteiger partial charge in [0, 0.05) is 32.9 Å². The molecule has 2 aliphatic rings. The third-order valence-electron chi connectivity index (χ3n) is 5.34. The Hall–Kier alpha value is -0.970. The van der Waals surface area contributed by atoms with Gasteiger partial charge < -0.3 is 5.32 Å². The highest BCUT2D eigenvalue weighted by Gasteiger charge is 2.46. The van der Waals surface area contributed by atoms with E-state index < -0.39 is 0 Å². The Morgan fingerprint density at radius 2 is 1.33 bits per heavy atom. The summed E-state index contributed by atoms with van der Waals surface area (Å²) in [5, 5.41) is 3.81. The summed E-state index contributed by atoms with van der Waals surface area (Å²) in [4.78, 5) is 13.1. The topological polar surface area (TPSA) is 29.1 Å². The van der Waals surface area contributed by atoms with Crippen molar-refractivity contribution in [2.75, 3.05) is 0 Å². The minimum absolute atomic E-state index is 0.0931. The molecule has 124 valence electrons. The number of carbonyl (C=O) groups is 1. The SMILES string of the molecule is O=C1[C@H]2CCC[C@@H]1[C@H](c1cccc(Br)c1)N[C@@H]2c1cccc(Br)c1. The molecule has 0 aromatic heterocycles. The van der Waals surface area contributed by atoms with Gasteiger partial charge in [0.1, 0.15) is 5.78 Å². The van der Waals surface area contributed by atoms with Crippen molar-refractivity contribution in [2.24, 2.45) is 11.8 Å². The quantitative estimate of drug-likeness (QED) is 0.649. The molecule has 1 aliphatic carbocycles. The zero-order valence-corrected chi connectivity index (χ0v) is 16.4. The molecule has 0 unspecified atom stereocenters. The summed E-state index contributed by atoms with van der Waals surface area (Å²) in [6.45, 7) is 0. The second-order valence-corrected chi connectivity index (χ2v) is 8.61. The fourth-order valence-corrected chi connectivity index (χ4v) is 5.10. The number of carbonyl (C=O) groups excluding carboxylic acids is 1. The van der Waals surface area contributed by atoms with Gasteiger partial charge >= 0.3 is 0 Å². The third-order valence-corrected chi connectivity index (χ3v) is 6.33. The number of nitrogens with one attached hydrogen (secondary N) is 1. The zero-order chi connectivity index (χ0) is 16.7. The van der Waals surface area contributed by atoms with Gasteiger partial charge in [0.05, 0.1) is 0 Å². The minimum atomic E-state index is 0.0931. The van der Waals surface area contributed by atoms with Gasteiger partial charge in [-0.2, -0.15) is 0 Å². The molecular weight excluding hydrogens is 430 g/mol. The van der Waals surface area contributed by atoms with E-state index in [0.717, 1.165) is 28.2 Å². The van der Waals surface area contributed by atoms with Crippen LogP contribution in [0, 0.1) is 11.8 Å². The van der Waals surface area contributed by atoms with Crippen LogP contribution in [0.25, 0.3) is 0 Å². The van der Waals surface area contributed by atoms with Crippen molar-refractivity contribution < 1.29 is 4.79 Å². The summed E-state index contributed by atoms with van der Waals surface area (Å²) in [6.07, 6.45) is 3.12. The molecular formula is C20H19Br2NO. The van der Waals surface area contributed by atoms with Gasteiger partial charge in [-0.25, -0.2) is 0 Å². The first-order chi connectivity index (χ1) is 11.6. The summed E-state index contributed by atoms with van der Waals surface area (Å²) in [6, 6.07) is 16.9. The normalized spacial score (nSPS) is 29.5. The molecule has 0 amide bonds. The van der Waals surface area contributed by atoms with Crippen molar-refractivity contribution in [3.8, 4) is 0 Å². The van der Waals surface area contributed by atoms with Crippen LogP contribution in [0.2, 0.25) is 0 Å². The first kappa shape index (κ1) is 16.5. The van der Waals surface area contributed by atoms with E-state index >= 15 is 0 Å². The van der Waals surface area contributed by atoms with Crippen LogP contribution in [0.3, 0.4) is 0 Å². The number of ketones is 1. The molecule has 0 spiro atoms. The molecule has 24 heavy (non-hydrogen) atoms. The van der Waals surface area contributed by atoms with Crippen LogP contribution in [-0.4, -0.2) is 5.78 Å². The van der Waals surface area contributed by atoms with E-state index in [0.29, 0.717) is 5.78 Å². The maximum atomic E-state index is 13.1. The average Bonchev–Trinajstić information content (AvgIpc) is 2.55. The molecule has 1 saturated heterocycles. The fourth-order valence-electron chi connectivity index (χ4n) is 4.26. The van der Waals surface area contributed by atoms with Crippen LogP contribution in [-0.2, 0) is 4.79 Å². The molecule has 2 nitrogen and oxygen atoms in total. The molecule has 1 heterocycles. The molecule has 1 aliphatic heterocycles. The van der Waals surface area contributed by atoms with Gasteiger partial charge in [0.25, 0.3) is 0 Å². The number of fused-ring (bicyclic) bond motifs is 2. The number of hydrogen-bond acceptors (Lipinski definition) is 2. The Bertz CT molecular complexity index is 714. The molecule has 2 fully saturated rings. The number of Topliss-reactive ketones (excluding diaryl/α,β-unsaturated/α-hetero) is 1. The van der Waals surface area contributed by atoms with Crippen LogP contribution < -0.4 is 5.32 Å². The van der Waals surface area contributed by atoms with E-state index in [4.69, 9.17) is 0 Å². The molecule has 2 aromatic carbocycles. The molecule has 0 radical (unpaired) electrons. The number of hydrogen-bond donors (Lipinski definition) is 1. The number of rotatable bonds is 2. The predicted molar refractivity (Wildman–Crippen MR) is 103 cm³/mol. The van der Waals surface area contributed by atoms with Crippen molar-refractivity contribution in [3.05, 3.63) is 68.6 Å². The fraction of sp³-hybridized carbons (Fsp3) is 0.350. The van der Waals surface area contributed by atoms with Crippen LogP contribution in [0.1, 0.15) is 42.5 Å². The number of benzene rings is 2. The average molecular weight is 449 g/mol. The lowest BCUT2D eigenvalue weighted by atomic mass is 9.67. The van der Waals surface area contributed by atoms with E-state index in [9.17, 15) is 4.79 Å². The Morgan fingerprint density at radius 3 is 1.79 bits per heavy atom. The van der Waals surface area contributed by atoms with Crippen molar-refractivity contribution in [3.63, 3.8) is 0 Å². The van der Waals surface area contributed by atoms with E-state index in [1.807, 2.05) is 12.1 Å². The largest absolute Gasteiger partial charge is 0.302 e. The van der Waals surface area contributed by atoms with Crippen molar-refractivity contribution in [1.82, 2.24) is 5.32 Å². The summed E-state index contributed by atoms with van der Waals surface area (Å²) in [7, 11) is 0. The summed E-state index contributed by atoms with van der Waals surface area (Å²) in [5.74, 6) is 0.637. The molecule has 4 atom stereocenters. The van der Waals surface area contributed by atoms with Gasteiger partial charge in [-0.1, -0.05) is 62.5 Å². The van der Waals surface area contributed by atoms with Crippen LogP contribution >= 0.6 is 31.9 Å². The number of piperidine rings is 1. The molecule has 1 N–H and O–H groups in total. The van der Waals surface area contributed by atoms with Gasteiger partial charge in [0.2, 0.25) is 0 Å². The third kappa shape index (κ3) is 3.00. The van der Waals surface area contributed by atoms with Gasteiger partial charge in [0.15, 0.2) is 0 Å². The Morgan fingerprint density at radius 1 is 0.833 bits per heavy atom. The standard InChI is InChI=1S/C20H19Br2NO/c21-14-6-1-4-12(10-14)18-16-8-3-9-17(20(16)24)19(23-18)13-5-2-7-15(22)11-13/h1-2,4-7,10-11,16-19,23H,3,8-9H2/t16-,17+,18+,19-. The molecule has 4 rings (SSSR count). The van der Waals surface area contributed by atoms with Crippen LogP contribution in [0.5, 0.6) is 0 Å². The lowest BCUT2D eigenvalue weighted by Crippen LogP contribution is -2.50. The van der Waals surface area contributed by atoms with E-state index in [2.05, 4.69) is 73.6 Å².